The Balaban J connectivity index is 2.15. The van der Waals surface area contributed by atoms with Gasteiger partial charge in [0.15, 0.2) is 0 Å². The van der Waals surface area contributed by atoms with E-state index < -0.39 is 5.60 Å². The van der Waals surface area contributed by atoms with Gasteiger partial charge in [-0.25, -0.2) is 4.79 Å². The topological polar surface area (TPSA) is 29.5 Å². The van der Waals surface area contributed by atoms with E-state index in [1.807, 2.05) is 27.8 Å². The molecule has 1 heterocycles. The fourth-order valence-electron chi connectivity index (χ4n) is 2.53. The summed E-state index contributed by atoms with van der Waals surface area (Å²) in [6.45, 7) is 7.88. The van der Waals surface area contributed by atoms with Crippen LogP contribution in [0.15, 0.2) is 11.4 Å². The zero-order chi connectivity index (χ0) is 13.5. The van der Waals surface area contributed by atoms with Crippen LogP contribution in [0.3, 0.4) is 0 Å². The van der Waals surface area contributed by atoms with Crippen molar-refractivity contribution in [2.24, 2.45) is 5.92 Å². The fourth-order valence-corrected chi connectivity index (χ4v) is 3.59. The van der Waals surface area contributed by atoms with Crippen molar-refractivity contribution in [1.82, 2.24) is 4.90 Å². The van der Waals surface area contributed by atoms with Crippen LogP contribution >= 0.6 is 11.3 Å². The Hall–Kier alpha value is -1.03. The van der Waals surface area contributed by atoms with Gasteiger partial charge >= 0.3 is 6.09 Å². The number of amides is 1. The van der Waals surface area contributed by atoms with Gasteiger partial charge in [-0.2, -0.15) is 0 Å². The molecule has 0 saturated carbocycles. The summed E-state index contributed by atoms with van der Waals surface area (Å²) in [5.74, 6) is 0.463. The van der Waals surface area contributed by atoms with Crippen LogP contribution in [0.2, 0.25) is 0 Å². The maximum atomic E-state index is 12.1. The van der Waals surface area contributed by atoms with Crippen LogP contribution in [0.4, 0.5) is 4.79 Å². The summed E-state index contributed by atoms with van der Waals surface area (Å²) in [7, 11) is 1.84. The first kappa shape index (κ1) is 13.4. The molecule has 2 unspecified atom stereocenters. The van der Waals surface area contributed by atoms with Crippen LogP contribution in [0.1, 0.15) is 44.2 Å². The zero-order valence-corrected chi connectivity index (χ0v) is 12.5. The Morgan fingerprint density at radius 2 is 2.17 bits per heavy atom. The average Bonchev–Trinajstić information content (AvgIpc) is 2.73. The Bertz CT molecular complexity index is 447. The van der Waals surface area contributed by atoms with E-state index >= 15 is 0 Å². The molecule has 0 aromatic carbocycles. The highest BCUT2D eigenvalue weighted by Gasteiger charge is 2.36. The summed E-state index contributed by atoms with van der Waals surface area (Å²) in [6, 6.07) is 2.29. The van der Waals surface area contributed by atoms with Gasteiger partial charge in [0, 0.05) is 11.9 Å². The number of fused-ring (bicyclic) bond motifs is 1. The molecule has 0 spiro atoms. The molecule has 100 valence electrons. The number of thiophene rings is 1. The third kappa shape index (κ3) is 2.53. The van der Waals surface area contributed by atoms with Crippen molar-refractivity contribution < 1.29 is 9.53 Å². The maximum Gasteiger partial charge on any atom is 0.410 e. The first-order valence-corrected chi connectivity index (χ1v) is 7.19. The fraction of sp³-hybridized carbons (Fsp3) is 0.643. The minimum absolute atomic E-state index is 0.154. The van der Waals surface area contributed by atoms with Crippen LogP contribution in [0, 0.1) is 5.92 Å². The van der Waals surface area contributed by atoms with Gasteiger partial charge in [-0.3, -0.25) is 0 Å². The van der Waals surface area contributed by atoms with E-state index in [1.54, 1.807) is 16.2 Å². The molecule has 18 heavy (non-hydrogen) atoms. The lowest BCUT2D eigenvalue weighted by molar-refractivity contribution is 0.0182. The first-order valence-electron chi connectivity index (χ1n) is 6.31. The second-order valence-corrected chi connectivity index (χ2v) is 7.02. The van der Waals surface area contributed by atoms with Crippen molar-refractivity contribution in [2.45, 2.75) is 45.8 Å². The average molecular weight is 267 g/mol. The third-order valence-corrected chi connectivity index (χ3v) is 4.20. The lowest BCUT2D eigenvalue weighted by Crippen LogP contribution is -2.37. The molecule has 1 aromatic rings. The predicted octanol–water partition coefficient (Wildman–Crippen LogP) is 3.85. The Morgan fingerprint density at radius 1 is 1.50 bits per heavy atom. The standard InChI is InChI=1S/C14H21NO2S/c1-9-8-11-10(6-7-18-11)12(9)15(5)13(16)17-14(2,3)4/h6-7,9,12H,8H2,1-5H3. The molecular weight excluding hydrogens is 246 g/mol. The Kier molecular flexibility index (Phi) is 3.41. The van der Waals surface area contributed by atoms with Gasteiger partial charge in [0.2, 0.25) is 0 Å². The van der Waals surface area contributed by atoms with E-state index in [-0.39, 0.29) is 12.1 Å². The summed E-state index contributed by atoms with van der Waals surface area (Å²) >= 11 is 1.78. The number of ether oxygens (including phenoxy) is 1. The molecule has 3 nitrogen and oxygen atoms in total. The lowest BCUT2D eigenvalue weighted by Gasteiger charge is -2.31. The largest absolute Gasteiger partial charge is 0.444 e. The van der Waals surface area contributed by atoms with E-state index in [0.29, 0.717) is 5.92 Å². The van der Waals surface area contributed by atoms with Crippen LogP contribution in [-0.4, -0.2) is 23.6 Å². The van der Waals surface area contributed by atoms with Crippen molar-refractivity contribution >= 4 is 17.4 Å². The number of hydrogen-bond acceptors (Lipinski definition) is 3. The molecule has 1 aliphatic rings. The summed E-state index contributed by atoms with van der Waals surface area (Å²) in [4.78, 5) is 15.3. The molecule has 2 atom stereocenters. The molecule has 1 aromatic heterocycles. The number of nitrogens with zero attached hydrogens (tertiary/aromatic N) is 1. The molecule has 4 heteroatoms. The van der Waals surface area contributed by atoms with E-state index in [1.165, 1.54) is 10.4 Å². The molecule has 1 aliphatic carbocycles. The quantitative estimate of drug-likeness (QED) is 0.773. The molecule has 0 bridgehead atoms. The van der Waals surface area contributed by atoms with Crippen LogP contribution in [0.5, 0.6) is 0 Å². The van der Waals surface area contributed by atoms with E-state index in [0.717, 1.165) is 6.42 Å². The van der Waals surface area contributed by atoms with Crippen molar-refractivity contribution in [2.75, 3.05) is 7.05 Å². The predicted molar refractivity (Wildman–Crippen MR) is 73.9 cm³/mol. The van der Waals surface area contributed by atoms with Gasteiger partial charge in [0.1, 0.15) is 5.60 Å². The zero-order valence-electron chi connectivity index (χ0n) is 11.7. The van der Waals surface area contributed by atoms with Gasteiger partial charge in [-0.15, -0.1) is 11.3 Å². The summed E-state index contributed by atoms with van der Waals surface area (Å²) < 4.78 is 5.44. The minimum Gasteiger partial charge on any atom is -0.444 e. The van der Waals surface area contributed by atoms with Crippen LogP contribution < -0.4 is 0 Å². The smallest absolute Gasteiger partial charge is 0.410 e. The van der Waals surface area contributed by atoms with Gasteiger partial charge in [-0.05, 0) is 50.1 Å². The van der Waals surface area contributed by atoms with Crippen molar-refractivity contribution in [3.8, 4) is 0 Å². The number of carbonyl (C=O) groups excluding carboxylic acids is 1. The highest BCUT2D eigenvalue weighted by Crippen LogP contribution is 2.42. The van der Waals surface area contributed by atoms with E-state index in [9.17, 15) is 4.79 Å². The van der Waals surface area contributed by atoms with Gasteiger partial charge in [0.05, 0.1) is 6.04 Å². The van der Waals surface area contributed by atoms with E-state index in [2.05, 4.69) is 18.4 Å². The Labute approximate surface area is 113 Å². The summed E-state index contributed by atoms with van der Waals surface area (Å²) in [5, 5.41) is 2.10. The minimum atomic E-state index is -0.440. The molecule has 1 amide bonds. The molecule has 0 saturated heterocycles. The molecule has 0 N–H and O–H groups in total. The van der Waals surface area contributed by atoms with Crippen molar-refractivity contribution in [1.29, 1.82) is 0 Å². The molecule has 0 aliphatic heterocycles. The number of hydrogen-bond donors (Lipinski definition) is 0. The normalized spacial score (nSPS) is 22.7. The van der Waals surface area contributed by atoms with Crippen molar-refractivity contribution in [3.63, 3.8) is 0 Å². The molecule has 2 rings (SSSR count). The second-order valence-electron chi connectivity index (χ2n) is 6.02. The SMILES string of the molecule is CC1Cc2sccc2C1N(C)C(=O)OC(C)(C)C. The van der Waals surface area contributed by atoms with Gasteiger partial charge < -0.3 is 9.64 Å². The molecule has 0 radical (unpaired) electrons. The van der Waals surface area contributed by atoms with Crippen LogP contribution in [0.25, 0.3) is 0 Å². The summed E-state index contributed by atoms with van der Waals surface area (Å²) in [6.07, 6.45) is 0.823. The Morgan fingerprint density at radius 3 is 2.78 bits per heavy atom. The molecular formula is C14H21NO2S. The molecule has 0 fully saturated rings. The summed E-state index contributed by atoms with van der Waals surface area (Å²) in [5.41, 5.74) is 0.853. The van der Waals surface area contributed by atoms with Crippen LogP contribution in [-0.2, 0) is 11.2 Å². The second kappa shape index (κ2) is 4.57. The monoisotopic (exact) mass is 267 g/mol. The first-order chi connectivity index (χ1) is 8.29. The number of carbonyl (C=O) groups is 1. The van der Waals surface area contributed by atoms with E-state index in [4.69, 9.17) is 4.74 Å². The van der Waals surface area contributed by atoms with Gasteiger partial charge in [0.25, 0.3) is 0 Å². The van der Waals surface area contributed by atoms with Gasteiger partial charge in [-0.1, -0.05) is 6.92 Å². The third-order valence-electron chi connectivity index (χ3n) is 3.24. The highest BCUT2D eigenvalue weighted by molar-refractivity contribution is 7.10. The highest BCUT2D eigenvalue weighted by atomic mass is 32.1. The van der Waals surface area contributed by atoms with Crippen molar-refractivity contribution in [3.05, 3.63) is 21.9 Å². The maximum absolute atomic E-state index is 12.1. The lowest BCUT2D eigenvalue weighted by atomic mass is 10.0. The number of rotatable bonds is 1.